The zero-order chi connectivity index (χ0) is 20.2. The van der Waals surface area contributed by atoms with E-state index in [2.05, 4.69) is 10.6 Å². The van der Waals surface area contributed by atoms with Crippen molar-refractivity contribution in [1.29, 1.82) is 0 Å². The summed E-state index contributed by atoms with van der Waals surface area (Å²) in [6.45, 7) is 1.88. The van der Waals surface area contributed by atoms with Gasteiger partial charge in [-0.25, -0.2) is 0 Å². The van der Waals surface area contributed by atoms with Crippen LogP contribution in [0.3, 0.4) is 0 Å². The van der Waals surface area contributed by atoms with Gasteiger partial charge in [-0.15, -0.1) is 0 Å². The van der Waals surface area contributed by atoms with Gasteiger partial charge in [0.25, 0.3) is 0 Å². The van der Waals surface area contributed by atoms with Gasteiger partial charge in [0.1, 0.15) is 11.5 Å². The van der Waals surface area contributed by atoms with Crippen molar-refractivity contribution in [2.24, 2.45) is 0 Å². The average Bonchev–Trinajstić information content (AvgIpc) is 2.75. The number of ketones is 1. The first-order valence-electron chi connectivity index (χ1n) is 9.33. The van der Waals surface area contributed by atoms with Crippen molar-refractivity contribution < 1.29 is 9.53 Å². The Bertz CT molecular complexity index is 1060. The van der Waals surface area contributed by atoms with Crippen molar-refractivity contribution in [1.82, 2.24) is 10.6 Å². The van der Waals surface area contributed by atoms with Gasteiger partial charge < -0.3 is 15.4 Å². The third-order valence-corrected chi connectivity index (χ3v) is 4.96. The molecule has 0 aliphatic carbocycles. The van der Waals surface area contributed by atoms with Crippen LogP contribution in [-0.4, -0.2) is 10.9 Å². The van der Waals surface area contributed by atoms with Gasteiger partial charge in [0, 0.05) is 16.8 Å². The number of carbonyl (C=O) groups is 1. The number of thiocarbonyl (C=S) groups is 1. The Hall–Kier alpha value is -3.44. The summed E-state index contributed by atoms with van der Waals surface area (Å²) >= 11 is 5.34. The lowest BCUT2D eigenvalue weighted by Crippen LogP contribution is -2.44. The van der Waals surface area contributed by atoms with Crippen molar-refractivity contribution in [2.75, 3.05) is 0 Å². The van der Waals surface area contributed by atoms with Gasteiger partial charge >= 0.3 is 0 Å². The second kappa shape index (κ2) is 8.29. The molecule has 0 radical (unpaired) electrons. The number of rotatable bonds is 5. The molecule has 0 aromatic heterocycles. The minimum Gasteiger partial charge on any atom is -0.457 e. The number of ether oxygens (including phenoxy) is 1. The summed E-state index contributed by atoms with van der Waals surface area (Å²) < 4.78 is 5.87. The smallest absolute Gasteiger partial charge is 0.193 e. The lowest BCUT2D eigenvalue weighted by atomic mass is 9.90. The molecule has 0 bridgehead atoms. The van der Waals surface area contributed by atoms with E-state index in [0.717, 1.165) is 22.8 Å². The fourth-order valence-corrected chi connectivity index (χ4v) is 3.61. The lowest BCUT2D eigenvalue weighted by molar-refractivity contribution is 0.102. The number of nitrogens with one attached hydrogen (secondary N) is 2. The Morgan fingerprint density at radius 2 is 1.45 bits per heavy atom. The molecule has 1 unspecified atom stereocenters. The molecule has 2 N–H and O–H groups in total. The Balaban J connectivity index is 1.63. The highest BCUT2D eigenvalue weighted by Gasteiger charge is 2.30. The second-order valence-electron chi connectivity index (χ2n) is 6.75. The largest absolute Gasteiger partial charge is 0.457 e. The monoisotopic (exact) mass is 400 g/mol. The molecule has 1 heterocycles. The fraction of sp³-hybridized carbons (Fsp3) is 0.0833. The van der Waals surface area contributed by atoms with E-state index in [0.29, 0.717) is 16.2 Å². The van der Waals surface area contributed by atoms with E-state index in [9.17, 15) is 4.79 Å². The van der Waals surface area contributed by atoms with E-state index in [1.54, 1.807) is 0 Å². The van der Waals surface area contributed by atoms with E-state index in [1.807, 2.05) is 91.9 Å². The minimum absolute atomic E-state index is 0.0276. The molecule has 3 aromatic carbocycles. The van der Waals surface area contributed by atoms with Crippen LogP contribution in [0.1, 0.15) is 28.9 Å². The van der Waals surface area contributed by atoms with Gasteiger partial charge in [-0.05, 0) is 49.0 Å². The first-order chi connectivity index (χ1) is 14.1. The van der Waals surface area contributed by atoms with Crippen LogP contribution in [0.15, 0.2) is 96.2 Å². The highest BCUT2D eigenvalue weighted by atomic mass is 32.1. The molecule has 4 nitrogen and oxygen atoms in total. The van der Waals surface area contributed by atoms with Gasteiger partial charge in [0.15, 0.2) is 10.9 Å². The Kier molecular flexibility index (Phi) is 5.40. The lowest BCUT2D eigenvalue weighted by Gasteiger charge is -2.30. The molecular formula is C24H20N2O2S. The molecule has 4 rings (SSSR count). The van der Waals surface area contributed by atoms with Crippen LogP contribution < -0.4 is 15.4 Å². The summed E-state index contributed by atoms with van der Waals surface area (Å²) in [6, 6.07) is 26.3. The number of carbonyl (C=O) groups excluding carboxylic acids is 1. The van der Waals surface area contributed by atoms with Crippen LogP contribution in [-0.2, 0) is 0 Å². The van der Waals surface area contributed by atoms with Crippen molar-refractivity contribution in [3.8, 4) is 11.5 Å². The molecule has 0 saturated carbocycles. The van der Waals surface area contributed by atoms with Gasteiger partial charge in [-0.1, -0.05) is 60.7 Å². The summed E-state index contributed by atoms with van der Waals surface area (Å²) in [7, 11) is 0. The minimum atomic E-state index is -0.331. The molecule has 1 aliphatic heterocycles. The van der Waals surface area contributed by atoms with Gasteiger partial charge in [0.05, 0.1) is 6.04 Å². The molecule has 0 fully saturated rings. The predicted octanol–water partition coefficient (Wildman–Crippen LogP) is 5.15. The third-order valence-electron chi connectivity index (χ3n) is 4.74. The highest BCUT2D eigenvalue weighted by molar-refractivity contribution is 7.80. The number of allylic oxidation sites excluding steroid dienone is 1. The molecule has 1 aliphatic rings. The predicted molar refractivity (Wildman–Crippen MR) is 118 cm³/mol. The first kappa shape index (κ1) is 18.9. The zero-order valence-electron chi connectivity index (χ0n) is 15.9. The van der Waals surface area contributed by atoms with E-state index >= 15 is 0 Å². The molecule has 144 valence electrons. The molecule has 3 aromatic rings. The Morgan fingerprint density at radius 3 is 2.10 bits per heavy atom. The normalized spacial score (nSPS) is 16.0. The summed E-state index contributed by atoms with van der Waals surface area (Å²) in [5.41, 5.74) is 3.00. The molecule has 5 heteroatoms. The van der Waals surface area contributed by atoms with Crippen molar-refractivity contribution in [3.63, 3.8) is 0 Å². The Morgan fingerprint density at radius 1 is 0.862 bits per heavy atom. The van der Waals surface area contributed by atoms with Crippen LogP contribution in [0.5, 0.6) is 11.5 Å². The third kappa shape index (κ3) is 4.20. The molecule has 0 amide bonds. The fourth-order valence-electron chi connectivity index (χ4n) is 3.34. The molecular weight excluding hydrogens is 380 g/mol. The quantitative estimate of drug-likeness (QED) is 0.458. The number of Topliss-reactive ketones (excluding diaryl/α,β-unsaturated/α-hetero) is 1. The summed E-state index contributed by atoms with van der Waals surface area (Å²) in [6.07, 6.45) is 0. The number of benzene rings is 3. The SMILES string of the molecule is CC1=C(C(=O)c2ccccc2)C(c2ccc(Oc3ccccc3)cc2)NC(=S)N1. The maximum absolute atomic E-state index is 13.2. The standard InChI is InChI=1S/C24H20N2O2S/c1-16-21(23(27)18-8-4-2-5-9-18)22(26-24(29)25-16)17-12-14-20(15-13-17)28-19-10-6-3-7-11-19/h2-15,22H,1H3,(H2,25,26,29). The van der Waals surface area contributed by atoms with Crippen LogP contribution in [0.25, 0.3) is 0 Å². The summed E-state index contributed by atoms with van der Waals surface area (Å²) in [5, 5.41) is 6.81. The van der Waals surface area contributed by atoms with E-state index in [4.69, 9.17) is 17.0 Å². The topological polar surface area (TPSA) is 50.4 Å². The van der Waals surface area contributed by atoms with Gasteiger partial charge in [-0.3, -0.25) is 4.79 Å². The maximum atomic E-state index is 13.2. The zero-order valence-corrected chi connectivity index (χ0v) is 16.7. The molecule has 0 spiro atoms. The van der Waals surface area contributed by atoms with Crippen molar-refractivity contribution in [3.05, 3.63) is 107 Å². The highest BCUT2D eigenvalue weighted by Crippen LogP contribution is 2.31. The molecule has 1 atom stereocenters. The first-order valence-corrected chi connectivity index (χ1v) is 9.73. The number of hydrogen-bond donors (Lipinski definition) is 2. The molecule has 0 saturated heterocycles. The average molecular weight is 401 g/mol. The van der Waals surface area contributed by atoms with Crippen molar-refractivity contribution >= 4 is 23.1 Å². The van der Waals surface area contributed by atoms with E-state index in [-0.39, 0.29) is 11.8 Å². The van der Waals surface area contributed by atoms with Gasteiger partial charge in [-0.2, -0.15) is 0 Å². The summed E-state index contributed by atoms with van der Waals surface area (Å²) in [5.74, 6) is 1.48. The number of hydrogen-bond acceptors (Lipinski definition) is 3. The maximum Gasteiger partial charge on any atom is 0.193 e. The Labute approximate surface area is 175 Å². The van der Waals surface area contributed by atoms with Crippen LogP contribution in [0.2, 0.25) is 0 Å². The van der Waals surface area contributed by atoms with Crippen LogP contribution in [0.4, 0.5) is 0 Å². The van der Waals surface area contributed by atoms with Crippen LogP contribution >= 0.6 is 12.2 Å². The summed E-state index contributed by atoms with van der Waals surface area (Å²) in [4.78, 5) is 13.2. The second-order valence-corrected chi connectivity index (χ2v) is 7.16. The molecule has 29 heavy (non-hydrogen) atoms. The van der Waals surface area contributed by atoms with Gasteiger partial charge in [0.2, 0.25) is 0 Å². The van der Waals surface area contributed by atoms with E-state index in [1.165, 1.54) is 0 Å². The van der Waals surface area contributed by atoms with Crippen LogP contribution in [0, 0.1) is 0 Å². The van der Waals surface area contributed by atoms with Crippen molar-refractivity contribution in [2.45, 2.75) is 13.0 Å². The van der Waals surface area contributed by atoms with E-state index < -0.39 is 0 Å². The number of para-hydroxylation sites is 1.